The lowest BCUT2D eigenvalue weighted by Gasteiger charge is -2.02. The molecule has 0 aliphatic heterocycles. The molecule has 2 rings (SSSR count). The molecule has 2 aromatic rings. The van der Waals surface area contributed by atoms with Crippen LogP contribution in [0.2, 0.25) is 0 Å². The van der Waals surface area contributed by atoms with Crippen LogP contribution >= 0.6 is 0 Å². The summed E-state index contributed by atoms with van der Waals surface area (Å²) in [6.07, 6.45) is 0. The first-order valence-electron chi connectivity index (χ1n) is 4.24. The molecule has 0 radical (unpaired) electrons. The second-order valence-corrected chi connectivity index (χ2v) is 2.97. The van der Waals surface area contributed by atoms with E-state index in [1.807, 2.05) is 30.3 Å². The molecular formula is C11H9FN2. The molecule has 0 amide bonds. The number of halogens is 1. The van der Waals surface area contributed by atoms with E-state index < -0.39 is 5.95 Å². The summed E-state index contributed by atoms with van der Waals surface area (Å²) in [4.78, 5) is 3.47. The van der Waals surface area contributed by atoms with Crippen molar-refractivity contribution in [2.45, 2.75) is 0 Å². The predicted molar refractivity (Wildman–Crippen MR) is 54.0 cm³/mol. The average Bonchev–Trinajstić information content (AvgIpc) is 2.18. The van der Waals surface area contributed by atoms with Gasteiger partial charge in [-0.25, -0.2) is 4.98 Å². The van der Waals surface area contributed by atoms with E-state index in [0.29, 0.717) is 0 Å². The molecule has 0 spiro atoms. The Hall–Kier alpha value is -1.90. The normalized spacial score (nSPS) is 10.1. The van der Waals surface area contributed by atoms with Gasteiger partial charge >= 0.3 is 0 Å². The Bertz CT molecular complexity index is 420. The molecular weight excluding hydrogens is 179 g/mol. The first-order valence-corrected chi connectivity index (χ1v) is 4.24. The molecule has 3 heteroatoms. The van der Waals surface area contributed by atoms with E-state index in [4.69, 9.17) is 5.73 Å². The van der Waals surface area contributed by atoms with Crippen molar-refractivity contribution in [1.82, 2.24) is 4.98 Å². The molecule has 0 bridgehead atoms. The minimum absolute atomic E-state index is 0.198. The highest BCUT2D eigenvalue weighted by Gasteiger charge is 2.01. The largest absolute Gasteiger partial charge is 0.384 e. The van der Waals surface area contributed by atoms with E-state index >= 15 is 0 Å². The van der Waals surface area contributed by atoms with Crippen LogP contribution in [0.4, 0.5) is 10.2 Å². The average molecular weight is 188 g/mol. The molecule has 0 saturated heterocycles. The van der Waals surface area contributed by atoms with E-state index in [1.165, 1.54) is 6.07 Å². The highest BCUT2D eigenvalue weighted by atomic mass is 19.1. The maximum Gasteiger partial charge on any atom is 0.215 e. The molecule has 2 nitrogen and oxygen atoms in total. The Balaban J connectivity index is 2.52. The zero-order chi connectivity index (χ0) is 9.97. The minimum Gasteiger partial charge on any atom is -0.384 e. The molecule has 0 fully saturated rings. The molecule has 0 aliphatic carbocycles. The lowest BCUT2D eigenvalue weighted by atomic mass is 10.1. The zero-order valence-corrected chi connectivity index (χ0v) is 7.44. The Morgan fingerprint density at radius 2 is 1.71 bits per heavy atom. The fourth-order valence-electron chi connectivity index (χ4n) is 1.31. The Morgan fingerprint density at radius 1 is 1.00 bits per heavy atom. The first kappa shape index (κ1) is 8.69. The van der Waals surface area contributed by atoms with Crippen LogP contribution in [-0.2, 0) is 0 Å². The van der Waals surface area contributed by atoms with Gasteiger partial charge in [-0.2, -0.15) is 4.39 Å². The summed E-state index contributed by atoms with van der Waals surface area (Å²) >= 11 is 0. The molecule has 1 aromatic heterocycles. The predicted octanol–water partition coefficient (Wildman–Crippen LogP) is 2.47. The van der Waals surface area contributed by atoms with E-state index in [-0.39, 0.29) is 5.82 Å². The van der Waals surface area contributed by atoms with Gasteiger partial charge < -0.3 is 5.73 Å². The van der Waals surface area contributed by atoms with Crippen molar-refractivity contribution in [2.75, 3.05) is 5.73 Å². The third-order valence-electron chi connectivity index (χ3n) is 1.92. The molecule has 0 atom stereocenters. The van der Waals surface area contributed by atoms with Crippen LogP contribution in [0, 0.1) is 5.95 Å². The SMILES string of the molecule is Nc1cc(-c2ccccc2)cc(F)n1. The summed E-state index contributed by atoms with van der Waals surface area (Å²) in [6.45, 7) is 0. The number of benzene rings is 1. The summed E-state index contributed by atoms with van der Waals surface area (Å²) in [5, 5.41) is 0. The lowest BCUT2D eigenvalue weighted by Crippen LogP contribution is -1.93. The number of nitrogen functional groups attached to an aromatic ring is 1. The van der Waals surface area contributed by atoms with Gasteiger partial charge in [-0.3, -0.25) is 0 Å². The van der Waals surface area contributed by atoms with Gasteiger partial charge in [0.1, 0.15) is 5.82 Å². The van der Waals surface area contributed by atoms with E-state index in [1.54, 1.807) is 6.07 Å². The lowest BCUT2D eigenvalue weighted by molar-refractivity contribution is 0.586. The molecule has 0 aliphatic rings. The Labute approximate surface area is 81.2 Å². The topological polar surface area (TPSA) is 38.9 Å². The van der Waals surface area contributed by atoms with Gasteiger partial charge in [0, 0.05) is 6.07 Å². The van der Waals surface area contributed by atoms with Crippen LogP contribution in [0.3, 0.4) is 0 Å². The summed E-state index contributed by atoms with van der Waals surface area (Å²) in [5.74, 6) is -0.354. The fourth-order valence-corrected chi connectivity index (χ4v) is 1.31. The summed E-state index contributed by atoms with van der Waals surface area (Å²) in [7, 11) is 0. The summed E-state index contributed by atoms with van der Waals surface area (Å²) in [6, 6.07) is 12.5. The van der Waals surface area contributed by atoms with Gasteiger partial charge in [0.05, 0.1) is 0 Å². The summed E-state index contributed by atoms with van der Waals surface area (Å²) < 4.78 is 12.9. The Morgan fingerprint density at radius 3 is 2.36 bits per heavy atom. The number of rotatable bonds is 1. The van der Waals surface area contributed by atoms with Gasteiger partial charge in [0.2, 0.25) is 5.95 Å². The number of pyridine rings is 1. The third kappa shape index (κ3) is 1.71. The van der Waals surface area contributed by atoms with Crippen molar-refractivity contribution >= 4 is 5.82 Å². The van der Waals surface area contributed by atoms with Crippen molar-refractivity contribution in [1.29, 1.82) is 0 Å². The quantitative estimate of drug-likeness (QED) is 0.698. The number of nitrogens with two attached hydrogens (primary N) is 1. The molecule has 1 aromatic carbocycles. The van der Waals surface area contributed by atoms with E-state index in [2.05, 4.69) is 4.98 Å². The molecule has 1 heterocycles. The third-order valence-corrected chi connectivity index (χ3v) is 1.92. The van der Waals surface area contributed by atoms with Crippen LogP contribution in [0.25, 0.3) is 11.1 Å². The van der Waals surface area contributed by atoms with Gasteiger partial charge in [-0.05, 0) is 17.2 Å². The highest BCUT2D eigenvalue weighted by molar-refractivity contribution is 5.65. The molecule has 70 valence electrons. The van der Waals surface area contributed by atoms with Gasteiger partial charge in [-0.1, -0.05) is 30.3 Å². The molecule has 0 unspecified atom stereocenters. The van der Waals surface area contributed by atoms with Crippen molar-refractivity contribution < 1.29 is 4.39 Å². The molecule has 14 heavy (non-hydrogen) atoms. The molecule has 0 saturated carbocycles. The second kappa shape index (κ2) is 3.46. The van der Waals surface area contributed by atoms with Crippen LogP contribution in [0.15, 0.2) is 42.5 Å². The second-order valence-electron chi connectivity index (χ2n) is 2.97. The van der Waals surface area contributed by atoms with E-state index in [0.717, 1.165) is 11.1 Å². The Kier molecular flexibility index (Phi) is 2.14. The van der Waals surface area contributed by atoms with Crippen LogP contribution in [-0.4, -0.2) is 4.98 Å². The first-order chi connectivity index (χ1) is 6.75. The van der Waals surface area contributed by atoms with E-state index in [9.17, 15) is 4.39 Å². The minimum atomic E-state index is -0.552. The van der Waals surface area contributed by atoms with Crippen molar-refractivity contribution in [2.24, 2.45) is 0 Å². The number of nitrogens with zero attached hydrogens (tertiary/aromatic N) is 1. The van der Waals surface area contributed by atoms with Gasteiger partial charge in [-0.15, -0.1) is 0 Å². The number of anilines is 1. The van der Waals surface area contributed by atoms with Crippen molar-refractivity contribution in [3.8, 4) is 11.1 Å². The van der Waals surface area contributed by atoms with Crippen molar-refractivity contribution in [3.05, 3.63) is 48.4 Å². The summed E-state index contributed by atoms with van der Waals surface area (Å²) in [5.41, 5.74) is 7.12. The fraction of sp³-hybridized carbons (Fsp3) is 0. The number of aromatic nitrogens is 1. The standard InChI is InChI=1S/C11H9FN2/c12-10-6-9(7-11(13)14-10)8-4-2-1-3-5-8/h1-7H,(H2,13,14). The van der Waals surface area contributed by atoms with Crippen LogP contribution < -0.4 is 5.73 Å². The van der Waals surface area contributed by atoms with Crippen molar-refractivity contribution in [3.63, 3.8) is 0 Å². The van der Waals surface area contributed by atoms with Gasteiger partial charge in [0.15, 0.2) is 0 Å². The maximum absolute atomic E-state index is 12.9. The zero-order valence-electron chi connectivity index (χ0n) is 7.44. The highest BCUT2D eigenvalue weighted by Crippen LogP contribution is 2.20. The van der Waals surface area contributed by atoms with Crippen LogP contribution in [0.5, 0.6) is 0 Å². The maximum atomic E-state index is 12.9. The monoisotopic (exact) mass is 188 g/mol. The molecule has 2 N–H and O–H groups in total. The van der Waals surface area contributed by atoms with Gasteiger partial charge in [0.25, 0.3) is 0 Å². The number of hydrogen-bond donors (Lipinski definition) is 1. The van der Waals surface area contributed by atoms with Crippen LogP contribution in [0.1, 0.15) is 0 Å². The smallest absolute Gasteiger partial charge is 0.215 e. The number of hydrogen-bond acceptors (Lipinski definition) is 2.